The van der Waals surface area contributed by atoms with E-state index in [0.29, 0.717) is 12.1 Å². The largest absolute Gasteiger partial charge is 0.416 e. The third-order valence-corrected chi connectivity index (χ3v) is 2.98. The van der Waals surface area contributed by atoms with Gasteiger partial charge in [0.05, 0.1) is 19.0 Å². The molecule has 1 aromatic rings. The second-order valence-electron chi connectivity index (χ2n) is 4.57. The minimum atomic E-state index is -4.85. The summed E-state index contributed by atoms with van der Waals surface area (Å²) in [5.74, 6) is 0. The minimum absolute atomic E-state index is 0.0925. The van der Waals surface area contributed by atoms with Crippen molar-refractivity contribution in [2.75, 3.05) is 0 Å². The van der Waals surface area contributed by atoms with Gasteiger partial charge in [-0.2, -0.15) is 26.3 Å². The first-order valence-electron chi connectivity index (χ1n) is 5.47. The molecular weight excluding hydrogens is 269 g/mol. The van der Waals surface area contributed by atoms with Crippen LogP contribution in [0.15, 0.2) is 18.2 Å². The highest BCUT2D eigenvalue weighted by Gasteiger charge is 2.38. The van der Waals surface area contributed by atoms with Gasteiger partial charge in [0.2, 0.25) is 0 Å². The summed E-state index contributed by atoms with van der Waals surface area (Å²) in [6, 6.07) is 1.42. The maximum Gasteiger partial charge on any atom is 0.416 e. The quantitative estimate of drug-likeness (QED) is 0.552. The molecule has 19 heavy (non-hydrogen) atoms. The lowest BCUT2D eigenvalue weighted by molar-refractivity contribution is -0.143. The van der Waals surface area contributed by atoms with Crippen LogP contribution in [0.1, 0.15) is 37.0 Å². The second kappa shape index (κ2) is 4.76. The van der Waals surface area contributed by atoms with Gasteiger partial charge in [-0.15, -0.1) is 0 Å². The van der Waals surface area contributed by atoms with Gasteiger partial charge in [-0.1, -0.05) is 20.3 Å². The summed E-state index contributed by atoms with van der Waals surface area (Å²) in [6.45, 7) is 2.98. The van der Waals surface area contributed by atoms with Gasteiger partial charge >= 0.3 is 12.4 Å². The van der Waals surface area contributed by atoms with E-state index < -0.39 is 28.8 Å². The van der Waals surface area contributed by atoms with Crippen molar-refractivity contribution < 1.29 is 26.3 Å². The molecule has 0 saturated heterocycles. The van der Waals surface area contributed by atoms with Crippen LogP contribution in [0.2, 0.25) is 0 Å². The highest BCUT2D eigenvalue weighted by Crippen LogP contribution is 2.38. The summed E-state index contributed by atoms with van der Waals surface area (Å²) in [5, 5.41) is -1.25. The number of alkyl halides is 6. The number of rotatable bonds is 2. The molecule has 0 heterocycles. The second-order valence-corrected chi connectivity index (χ2v) is 4.57. The van der Waals surface area contributed by atoms with E-state index >= 15 is 0 Å². The molecule has 1 aromatic carbocycles. The van der Waals surface area contributed by atoms with Crippen LogP contribution in [0.5, 0.6) is 0 Å². The Morgan fingerprint density at radius 3 is 1.42 bits per heavy atom. The van der Waals surface area contributed by atoms with Crippen LogP contribution >= 0.6 is 0 Å². The molecule has 0 aliphatic carbocycles. The van der Waals surface area contributed by atoms with Crippen molar-refractivity contribution in [1.29, 1.82) is 0 Å². The molecule has 104 valence electrons. The summed E-state index contributed by atoms with van der Waals surface area (Å²) in [5.41, 5.74) is -2.87. The molecule has 7 heteroatoms. The first kappa shape index (κ1) is 15.9. The molecule has 0 saturated carbocycles. The number of halogens is 6. The smallest absolute Gasteiger partial charge is 0.166 e. The Morgan fingerprint density at radius 1 is 0.842 bits per heavy atom. The van der Waals surface area contributed by atoms with Crippen LogP contribution in [0.3, 0.4) is 0 Å². The van der Waals surface area contributed by atoms with E-state index in [9.17, 15) is 26.3 Å². The maximum atomic E-state index is 12.6. The van der Waals surface area contributed by atoms with Gasteiger partial charge in [0.1, 0.15) is 0 Å². The van der Waals surface area contributed by atoms with Gasteiger partial charge in [-0.25, -0.2) is 0 Å². The molecule has 0 aliphatic heterocycles. The summed E-state index contributed by atoms with van der Waals surface area (Å²) < 4.78 is 75.7. The van der Waals surface area contributed by atoms with Crippen LogP contribution in [0.4, 0.5) is 26.3 Å². The molecule has 0 aliphatic rings. The van der Waals surface area contributed by atoms with Crippen LogP contribution in [-0.2, 0) is 17.7 Å². The molecule has 0 bridgehead atoms. The van der Waals surface area contributed by atoms with E-state index in [4.69, 9.17) is 7.85 Å². The predicted octanol–water partition coefficient (Wildman–Crippen LogP) is 4.52. The zero-order valence-corrected chi connectivity index (χ0v) is 10.3. The van der Waals surface area contributed by atoms with E-state index in [0.717, 1.165) is 0 Å². The van der Waals surface area contributed by atoms with E-state index in [1.807, 2.05) is 0 Å². The fourth-order valence-corrected chi connectivity index (χ4v) is 1.49. The zero-order chi connectivity index (χ0) is 15.1. The molecule has 0 unspecified atom stereocenters. The van der Waals surface area contributed by atoms with Gasteiger partial charge in [-0.3, -0.25) is 0 Å². The van der Waals surface area contributed by atoms with Crippen molar-refractivity contribution in [2.24, 2.45) is 0 Å². The Balaban J connectivity index is 3.51. The third-order valence-electron chi connectivity index (χ3n) is 2.98. The lowest BCUT2D eigenvalue weighted by Crippen LogP contribution is -2.23. The fraction of sp³-hybridized carbons (Fsp3) is 0.500. The number of hydrogen-bond acceptors (Lipinski definition) is 0. The standard InChI is InChI=1S/C12H11BF6/c1-3-10(2,13)7-4-8(11(14,15)16)6-9(5-7)12(17,18)19/h4-6H,3H2,1-2H3/t10-/m1/s1. The molecule has 0 N–H and O–H groups in total. The monoisotopic (exact) mass is 280 g/mol. The Hall–Kier alpha value is -1.14. The molecule has 0 nitrogen and oxygen atoms in total. The lowest BCUT2D eigenvalue weighted by Gasteiger charge is -2.26. The van der Waals surface area contributed by atoms with Gasteiger partial charge in [0.15, 0.2) is 0 Å². The highest BCUT2D eigenvalue weighted by molar-refractivity contribution is 6.15. The first-order valence-corrected chi connectivity index (χ1v) is 5.47. The van der Waals surface area contributed by atoms with E-state index in [-0.39, 0.29) is 18.1 Å². The summed E-state index contributed by atoms with van der Waals surface area (Å²) in [7, 11) is 5.73. The van der Waals surface area contributed by atoms with Crippen molar-refractivity contribution >= 4 is 7.85 Å². The highest BCUT2D eigenvalue weighted by atomic mass is 19.4. The molecule has 2 radical (unpaired) electrons. The molecule has 0 fully saturated rings. The SMILES string of the molecule is [B][C@](C)(CC)c1cc(C(F)(F)F)cc(C(F)(F)F)c1. The average molecular weight is 280 g/mol. The van der Waals surface area contributed by atoms with Crippen molar-refractivity contribution in [3.05, 3.63) is 34.9 Å². The molecule has 1 atom stereocenters. The molecule has 0 spiro atoms. The van der Waals surface area contributed by atoms with Gasteiger partial charge in [-0.05, 0) is 29.1 Å². The molecule has 0 aromatic heterocycles. The number of benzene rings is 1. The summed E-state index contributed by atoms with van der Waals surface area (Å²) in [6.07, 6.45) is -9.48. The van der Waals surface area contributed by atoms with Crippen molar-refractivity contribution in [2.45, 2.75) is 37.9 Å². The zero-order valence-electron chi connectivity index (χ0n) is 10.3. The Kier molecular flexibility index (Phi) is 3.99. The van der Waals surface area contributed by atoms with E-state index in [1.54, 1.807) is 6.92 Å². The maximum absolute atomic E-state index is 12.6. The molecular formula is C12H11BF6. The fourth-order valence-electron chi connectivity index (χ4n) is 1.49. The predicted molar refractivity (Wildman–Crippen MR) is 59.8 cm³/mol. The lowest BCUT2D eigenvalue weighted by atomic mass is 9.63. The van der Waals surface area contributed by atoms with Crippen LogP contribution in [-0.4, -0.2) is 7.85 Å². The summed E-state index contributed by atoms with van der Waals surface area (Å²) in [4.78, 5) is 0. The van der Waals surface area contributed by atoms with E-state index in [1.165, 1.54) is 6.92 Å². The van der Waals surface area contributed by atoms with Crippen LogP contribution < -0.4 is 0 Å². The molecule has 1 rings (SSSR count). The Morgan fingerprint density at radius 2 is 1.16 bits per heavy atom. The van der Waals surface area contributed by atoms with Gasteiger partial charge in [0, 0.05) is 0 Å². The van der Waals surface area contributed by atoms with Gasteiger partial charge in [0.25, 0.3) is 0 Å². The molecule has 0 amide bonds. The van der Waals surface area contributed by atoms with Crippen molar-refractivity contribution in [3.8, 4) is 0 Å². The van der Waals surface area contributed by atoms with Crippen molar-refractivity contribution in [1.82, 2.24) is 0 Å². The first-order chi connectivity index (χ1) is 8.38. The number of hydrogen-bond donors (Lipinski definition) is 0. The van der Waals surface area contributed by atoms with Crippen molar-refractivity contribution in [3.63, 3.8) is 0 Å². The average Bonchev–Trinajstić information content (AvgIpc) is 2.26. The Labute approximate surface area is 108 Å². The Bertz CT molecular complexity index is 426. The van der Waals surface area contributed by atoms with Crippen LogP contribution in [0.25, 0.3) is 0 Å². The topological polar surface area (TPSA) is 0 Å². The van der Waals surface area contributed by atoms with E-state index in [2.05, 4.69) is 0 Å². The van der Waals surface area contributed by atoms with Gasteiger partial charge < -0.3 is 0 Å². The summed E-state index contributed by atoms with van der Waals surface area (Å²) >= 11 is 0. The normalized spacial score (nSPS) is 16.2. The minimum Gasteiger partial charge on any atom is -0.166 e. The van der Waals surface area contributed by atoms with Crippen LogP contribution in [0, 0.1) is 0 Å². The third kappa shape index (κ3) is 3.67.